The molecule has 4 rings (SSSR count). The van der Waals surface area contributed by atoms with Gasteiger partial charge < -0.3 is 9.30 Å². The smallest absolute Gasteiger partial charge is 0.128 e. The van der Waals surface area contributed by atoms with Crippen molar-refractivity contribution in [3.63, 3.8) is 0 Å². The van der Waals surface area contributed by atoms with Gasteiger partial charge in [0, 0.05) is 56.7 Å². The Hall–Kier alpha value is -2.54. The maximum atomic E-state index is 14.2. The summed E-state index contributed by atoms with van der Waals surface area (Å²) in [6.45, 7) is 7.09. The van der Waals surface area contributed by atoms with Gasteiger partial charge in [-0.2, -0.15) is 0 Å². The lowest BCUT2D eigenvalue weighted by molar-refractivity contribution is 0.0323. The van der Waals surface area contributed by atoms with Gasteiger partial charge in [0.1, 0.15) is 11.6 Å². The van der Waals surface area contributed by atoms with Crippen LogP contribution < -0.4 is 0 Å². The van der Waals surface area contributed by atoms with Gasteiger partial charge in [0.2, 0.25) is 0 Å². The SMILES string of the molecule is Fc1cccc(CN(CCN2CCOCC2)Cc2cccn2Cc2ccccc2F)c1. The number of hydrogen-bond acceptors (Lipinski definition) is 3. The van der Waals surface area contributed by atoms with Crippen molar-refractivity contribution in [1.29, 1.82) is 0 Å². The maximum absolute atomic E-state index is 14.2. The number of morpholine rings is 1. The molecule has 0 atom stereocenters. The summed E-state index contributed by atoms with van der Waals surface area (Å²) < 4.78 is 35.4. The summed E-state index contributed by atoms with van der Waals surface area (Å²) in [7, 11) is 0. The first-order valence-corrected chi connectivity index (χ1v) is 10.8. The van der Waals surface area contributed by atoms with Crippen LogP contribution in [-0.2, 0) is 24.4 Å². The van der Waals surface area contributed by atoms with Gasteiger partial charge in [-0.1, -0.05) is 30.3 Å². The lowest BCUT2D eigenvalue weighted by Crippen LogP contribution is -2.41. The molecule has 1 fully saturated rings. The zero-order chi connectivity index (χ0) is 21.5. The first-order chi connectivity index (χ1) is 15.2. The minimum Gasteiger partial charge on any atom is -0.379 e. The van der Waals surface area contributed by atoms with Crippen molar-refractivity contribution in [2.24, 2.45) is 0 Å². The van der Waals surface area contributed by atoms with Crippen LogP contribution in [0.15, 0.2) is 66.9 Å². The number of halogens is 2. The molecule has 31 heavy (non-hydrogen) atoms. The van der Waals surface area contributed by atoms with E-state index < -0.39 is 0 Å². The van der Waals surface area contributed by atoms with E-state index in [2.05, 4.69) is 20.4 Å². The Labute approximate surface area is 182 Å². The van der Waals surface area contributed by atoms with Crippen LogP contribution in [0.25, 0.3) is 0 Å². The zero-order valence-electron chi connectivity index (χ0n) is 17.7. The Kier molecular flexibility index (Phi) is 7.46. The summed E-state index contributed by atoms with van der Waals surface area (Å²) in [4.78, 5) is 4.73. The summed E-state index contributed by atoms with van der Waals surface area (Å²) >= 11 is 0. The molecule has 0 bridgehead atoms. The van der Waals surface area contributed by atoms with Crippen molar-refractivity contribution < 1.29 is 13.5 Å². The Balaban J connectivity index is 1.47. The third-order valence-electron chi connectivity index (χ3n) is 5.74. The van der Waals surface area contributed by atoms with Crippen molar-refractivity contribution in [3.05, 3.63) is 95.3 Å². The summed E-state index contributed by atoms with van der Waals surface area (Å²) in [5.74, 6) is -0.403. The van der Waals surface area contributed by atoms with Crippen LogP contribution in [0.1, 0.15) is 16.8 Å². The predicted molar refractivity (Wildman–Crippen MR) is 118 cm³/mol. The van der Waals surface area contributed by atoms with E-state index in [4.69, 9.17) is 4.74 Å². The number of ether oxygens (including phenoxy) is 1. The molecule has 2 aromatic carbocycles. The number of hydrogen-bond donors (Lipinski definition) is 0. The standard InChI is InChI=1S/C25H29F2N3O/c26-23-7-3-5-21(17-23)18-29(12-11-28-13-15-31-16-14-28)20-24-8-4-10-30(24)19-22-6-1-2-9-25(22)27/h1-10,17H,11-16,18-20H2. The van der Waals surface area contributed by atoms with Gasteiger partial charge in [-0.25, -0.2) is 8.78 Å². The van der Waals surface area contributed by atoms with Crippen molar-refractivity contribution in [3.8, 4) is 0 Å². The van der Waals surface area contributed by atoms with E-state index >= 15 is 0 Å². The van der Waals surface area contributed by atoms with Crippen molar-refractivity contribution in [1.82, 2.24) is 14.4 Å². The highest BCUT2D eigenvalue weighted by molar-refractivity contribution is 5.20. The number of rotatable bonds is 9. The molecule has 2 heterocycles. The first-order valence-electron chi connectivity index (χ1n) is 10.8. The van der Waals surface area contributed by atoms with Crippen LogP contribution in [0.2, 0.25) is 0 Å². The average Bonchev–Trinajstić information content (AvgIpc) is 3.21. The first kappa shape index (κ1) is 21.7. The van der Waals surface area contributed by atoms with E-state index in [9.17, 15) is 8.78 Å². The third kappa shape index (κ3) is 6.23. The van der Waals surface area contributed by atoms with Crippen molar-refractivity contribution in [2.75, 3.05) is 39.4 Å². The van der Waals surface area contributed by atoms with E-state index in [0.29, 0.717) is 25.2 Å². The summed E-state index contributed by atoms with van der Waals surface area (Å²) in [6.07, 6.45) is 1.99. The lowest BCUT2D eigenvalue weighted by Gasteiger charge is -2.30. The molecule has 1 aromatic heterocycles. The quantitative estimate of drug-likeness (QED) is 0.514. The largest absolute Gasteiger partial charge is 0.379 e. The molecule has 0 N–H and O–H groups in total. The number of benzene rings is 2. The van der Waals surface area contributed by atoms with Crippen LogP contribution in [-0.4, -0.2) is 53.8 Å². The molecule has 4 nitrogen and oxygen atoms in total. The molecule has 3 aromatic rings. The normalized spacial score (nSPS) is 14.9. The summed E-state index contributed by atoms with van der Waals surface area (Å²) in [5, 5.41) is 0. The predicted octanol–water partition coefficient (Wildman–Crippen LogP) is 4.15. The number of aromatic nitrogens is 1. The van der Waals surface area contributed by atoms with Crippen LogP contribution in [0.5, 0.6) is 0 Å². The fourth-order valence-corrected chi connectivity index (χ4v) is 4.00. The van der Waals surface area contributed by atoms with E-state index in [1.54, 1.807) is 18.2 Å². The van der Waals surface area contributed by atoms with Gasteiger partial charge in [-0.3, -0.25) is 9.80 Å². The van der Waals surface area contributed by atoms with E-state index in [0.717, 1.165) is 50.7 Å². The minimum absolute atomic E-state index is 0.189. The van der Waals surface area contributed by atoms with Crippen LogP contribution in [0.4, 0.5) is 8.78 Å². The van der Waals surface area contributed by atoms with Gasteiger partial charge in [0.05, 0.1) is 19.8 Å². The molecular weight excluding hydrogens is 396 g/mol. The molecular formula is C25H29F2N3O. The highest BCUT2D eigenvalue weighted by Crippen LogP contribution is 2.15. The summed E-state index contributed by atoms with van der Waals surface area (Å²) in [6, 6.07) is 17.8. The molecule has 0 amide bonds. The molecule has 1 aliphatic rings. The van der Waals surface area contributed by atoms with E-state index in [1.165, 1.54) is 12.1 Å². The molecule has 0 saturated carbocycles. The van der Waals surface area contributed by atoms with Gasteiger partial charge in [-0.05, 0) is 35.9 Å². The third-order valence-corrected chi connectivity index (χ3v) is 5.74. The van der Waals surface area contributed by atoms with Gasteiger partial charge in [0.25, 0.3) is 0 Å². The Morgan fingerprint density at radius 1 is 0.903 bits per heavy atom. The topological polar surface area (TPSA) is 20.6 Å². The molecule has 1 aliphatic heterocycles. The molecule has 164 valence electrons. The van der Waals surface area contributed by atoms with Crippen LogP contribution in [0, 0.1) is 11.6 Å². The molecule has 0 spiro atoms. The van der Waals surface area contributed by atoms with Crippen LogP contribution in [0.3, 0.4) is 0 Å². The Bertz CT molecular complexity index is 969. The zero-order valence-corrected chi connectivity index (χ0v) is 17.7. The summed E-state index contributed by atoms with van der Waals surface area (Å²) in [5.41, 5.74) is 2.74. The van der Waals surface area contributed by atoms with Gasteiger partial charge in [-0.15, -0.1) is 0 Å². The Morgan fingerprint density at radius 2 is 1.74 bits per heavy atom. The molecule has 1 saturated heterocycles. The Morgan fingerprint density at radius 3 is 2.55 bits per heavy atom. The number of nitrogens with zero attached hydrogens (tertiary/aromatic N) is 3. The molecule has 6 heteroatoms. The monoisotopic (exact) mass is 425 g/mol. The highest BCUT2D eigenvalue weighted by atomic mass is 19.1. The fraction of sp³-hybridized carbons (Fsp3) is 0.360. The van der Waals surface area contributed by atoms with Crippen molar-refractivity contribution in [2.45, 2.75) is 19.6 Å². The fourth-order valence-electron chi connectivity index (χ4n) is 4.00. The molecule has 0 unspecified atom stereocenters. The average molecular weight is 426 g/mol. The maximum Gasteiger partial charge on any atom is 0.128 e. The second-order valence-corrected chi connectivity index (χ2v) is 8.01. The second-order valence-electron chi connectivity index (χ2n) is 8.01. The van der Waals surface area contributed by atoms with Crippen molar-refractivity contribution >= 4 is 0 Å². The minimum atomic E-state index is -0.214. The molecule has 0 radical (unpaired) electrons. The van der Waals surface area contributed by atoms with Gasteiger partial charge in [0.15, 0.2) is 0 Å². The van der Waals surface area contributed by atoms with E-state index in [-0.39, 0.29) is 11.6 Å². The van der Waals surface area contributed by atoms with Gasteiger partial charge >= 0.3 is 0 Å². The second kappa shape index (κ2) is 10.7. The highest BCUT2D eigenvalue weighted by Gasteiger charge is 2.15. The van der Waals surface area contributed by atoms with Crippen LogP contribution >= 0.6 is 0 Å². The lowest BCUT2D eigenvalue weighted by atomic mass is 10.2. The van der Waals surface area contributed by atoms with E-state index in [1.807, 2.05) is 30.5 Å². The molecule has 0 aliphatic carbocycles.